The first-order chi connectivity index (χ1) is 13.6. The van der Waals surface area contributed by atoms with Gasteiger partial charge in [-0.15, -0.1) is 0 Å². The second-order valence-electron chi connectivity index (χ2n) is 5.86. The molecular weight excluding hydrogens is 361 g/mol. The monoisotopic (exact) mass is 377 g/mol. The Bertz CT molecular complexity index is 1060. The second-order valence-corrected chi connectivity index (χ2v) is 5.86. The SMILES string of the molecule is N#CCCN(C(=O)Cn1nc(-c2ccccn2)ccc1=O)c1ccc(F)cc1. The van der Waals surface area contributed by atoms with Crippen molar-refractivity contribution >= 4 is 11.6 Å². The molecule has 28 heavy (non-hydrogen) atoms. The summed E-state index contributed by atoms with van der Waals surface area (Å²) in [5.41, 5.74) is 1.03. The first-order valence-corrected chi connectivity index (χ1v) is 8.51. The van der Waals surface area contributed by atoms with Gasteiger partial charge in [0.2, 0.25) is 5.91 Å². The summed E-state index contributed by atoms with van der Waals surface area (Å²) < 4.78 is 14.2. The fourth-order valence-electron chi connectivity index (χ4n) is 2.61. The Labute approximate surface area is 160 Å². The summed E-state index contributed by atoms with van der Waals surface area (Å²) in [7, 11) is 0. The minimum Gasteiger partial charge on any atom is -0.310 e. The van der Waals surface area contributed by atoms with E-state index < -0.39 is 17.3 Å². The number of carbonyl (C=O) groups is 1. The Morgan fingerprint density at radius 2 is 1.89 bits per heavy atom. The normalized spacial score (nSPS) is 10.3. The van der Waals surface area contributed by atoms with Crippen molar-refractivity contribution < 1.29 is 9.18 Å². The molecule has 2 heterocycles. The fraction of sp³-hybridized carbons (Fsp3) is 0.150. The third-order valence-corrected chi connectivity index (χ3v) is 3.97. The lowest BCUT2D eigenvalue weighted by atomic mass is 10.2. The van der Waals surface area contributed by atoms with E-state index in [2.05, 4.69) is 10.1 Å². The van der Waals surface area contributed by atoms with Gasteiger partial charge in [-0.1, -0.05) is 6.07 Å². The second kappa shape index (κ2) is 8.68. The molecule has 0 unspecified atom stereocenters. The molecule has 0 radical (unpaired) electrons. The number of nitrogens with zero attached hydrogens (tertiary/aromatic N) is 5. The number of aromatic nitrogens is 3. The predicted molar refractivity (Wildman–Crippen MR) is 101 cm³/mol. The Morgan fingerprint density at radius 3 is 2.57 bits per heavy atom. The molecule has 0 aliphatic rings. The first kappa shape index (κ1) is 18.9. The van der Waals surface area contributed by atoms with Crippen molar-refractivity contribution in [1.29, 1.82) is 5.26 Å². The van der Waals surface area contributed by atoms with E-state index in [4.69, 9.17) is 5.26 Å². The molecule has 0 atom stereocenters. The smallest absolute Gasteiger partial charge is 0.267 e. The topological polar surface area (TPSA) is 91.9 Å². The molecule has 7 nitrogen and oxygen atoms in total. The Kier molecular flexibility index (Phi) is 5.87. The van der Waals surface area contributed by atoms with E-state index >= 15 is 0 Å². The third-order valence-electron chi connectivity index (χ3n) is 3.97. The standard InChI is InChI=1S/C20H16FN5O2/c21-15-5-7-16(8-6-15)25(13-3-11-22)20(28)14-26-19(27)10-9-18(24-26)17-4-1-2-12-23-17/h1-2,4-10,12H,3,13-14H2. The molecule has 8 heteroatoms. The average Bonchev–Trinajstić information content (AvgIpc) is 2.72. The van der Waals surface area contributed by atoms with Gasteiger partial charge in [-0.2, -0.15) is 10.4 Å². The van der Waals surface area contributed by atoms with Crippen LogP contribution >= 0.6 is 0 Å². The van der Waals surface area contributed by atoms with Crippen LogP contribution in [0.1, 0.15) is 6.42 Å². The first-order valence-electron chi connectivity index (χ1n) is 8.51. The van der Waals surface area contributed by atoms with Crippen molar-refractivity contribution in [2.75, 3.05) is 11.4 Å². The Balaban J connectivity index is 1.88. The summed E-state index contributed by atoms with van der Waals surface area (Å²) in [5.74, 6) is -0.869. The molecule has 3 rings (SSSR count). The average molecular weight is 377 g/mol. The van der Waals surface area contributed by atoms with Gasteiger partial charge in [0.1, 0.15) is 18.1 Å². The number of hydrogen-bond acceptors (Lipinski definition) is 5. The highest BCUT2D eigenvalue weighted by atomic mass is 19.1. The van der Waals surface area contributed by atoms with E-state index in [1.165, 1.54) is 35.2 Å². The number of carbonyl (C=O) groups excluding carboxylic acids is 1. The van der Waals surface area contributed by atoms with Gasteiger partial charge in [-0.25, -0.2) is 9.07 Å². The van der Waals surface area contributed by atoms with Gasteiger partial charge in [-0.05, 0) is 42.5 Å². The molecular formula is C20H16FN5O2. The lowest BCUT2D eigenvalue weighted by Gasteiger charge is -2.22. The van der Waals surface area contributed by atoms with Crippen LogP contribution < -0.4 is 10.5 Å². The van der Waals surface area contributed by atoms with Crippen molar-refractivity contribution in [2.45, 2.75) is 13.0 Å². The van der Waals surface area contributed by atoms with Crippen LogP contribution in [0, 0.1) is 17.1 Å². The predicted octanol–water partition coefficient (Wildman–Crippen LogP) is 2.39. The minimum absolute atomic E-state index is 0.0966. The summed E-state index contributed by atoms with van der Waals surface area (Å²) in [6.07, 6.45) is 1.70. The maximum Gasteiger partial charge on any atom is 0.267 e. The van der Waals surface area contributed by atoms with Crippen molar-refractivity contribution in [1.82, 2.24) is 14.8 Å². The van der Waals surface area contributed by atoms with Gasteiger partial charge in [-0.3, -0.25) is 14.6 Å². The van der Waals surface area contributed by atoms with E-state index in [1.54, 1.807) is 30.5 Å². The Morgan fingerprint density at radius 1 is 1.11 bits per heavy atom. The molecule has 0 spiro atoms. The van der Waals surface area contributed by atoms with E-state index in [1.807, 2.05) is 6.07 Å². The van der Waals surface area contributed by atoms with Gasteiger partial charge in [0.05, 0.1) is 18.2 Å². The van der Waals surface area contributed by atoms with Crippen molar-refractivity contribution in [2.24, 2.45) is 0 Å². The summed E-state index contributed by atoms with van der Waals surface area (Å²) in [6.45, 7) is -0.196. The summed E-state index contributed by atoms with van der Waals surface area (Å²) in [4.78, 5) is 30.5. The molecule has 0 N–H and O–H groups in total. The zero-order valence-corrected chi connectivity index (χ0v) is 14.8. The number of nitriles is 1. The van der Waals surface area contributed by atoms with Crippen molar-refractivity contribution in [3.8, 4) is 17.5 Å². The third kappa shape index (κ3) is 4.45. The zero-order valence-electron chi connectivity index (χ0n) is 14.8. The molecule has 0 saturated carbocycles. The highest BCUT2D eigenvalue weighted by Crippen LogP contribution is 2.16. The molecule has 3 aromatic rings. The van der Waals surface area contributed by atoms with Gasteiger partial charge < -0.3 is 4.90 Å². The number of amides is 1. The van der Waals surface area contributed by atoms with Crippen LogP contribution in [0.2, 0.25) is 0 Å². The lowest BCUT2D eigenvalue weighted by molar-refractivity contribution is -0.119. The number of benzene rings is 1. The highest BCUT2D eigenvalue weighted by molar-refractivity contribution is 5.93. The number of hydrogen-bond donors (Lipinski definition) is 0. The highest BCUT2D eigenvalue weighted by Gasteiger charge is 2.18. The molecule has 0 fully saturated rings. The van der Waals surface area contributed by atoms with Crippen LogP contribution in [0.25, 0.3) is 11.4 Å². The minimum atomic E-state index is -0.438. The van der Waals surface area contributed by atoms with Crippen LogP contribution in [0.15, 0.2) is 65.6 Å². The summed E-state index contributed by atoms with van der Waals surface area (Å²) in [5, 5.41) is 13.1. The molecule has 140 valence electrons. The molecule has 2 aromatic heterocycles. The van der Waals surface area contributed by atoms with E-state index in [0.29, 0.717) is 17.1 Å². The maximum absolute atomic E-state index is 13.2. The number of rotatable bonds is 6. The summed E-state index contributed by atoms with van der Waals surface area (Å²) >= 11 is 0. The fourth-order valence-corrected chi connectivity index (χ4v) is 2.61. The molecule has 0 bridgehead atoms. The van der Waals surface area contributed by atoms with Crippen LogP contribution in [0.3, 0.4) is 0 Å². The molecule has 1 aromatic carbocycles. The number of anilines is 1. The Hall–Kier alpha value is -3.86. The van der Waals surface area contributed by atoms with Crippen LogP contribution in [0.5, 0.6) is 0 Å². The van der Waals surface area contributed by atoms with Gasteiger partial charge in [0, 0.05) is 24.5 Å². The van der Waals surface area contributed by atoms with Gasteiger partial charge >= 0.3 is 0 Å². The molecule has 1 amide bonds. The van der Waals surface area contributed by atoms with Crippen molar-refractivity contribution in [3.05, 3.63) is 77.0 Å². The molecule has 0 aliphatic carbocycles. The van der Waals surface area contributed by atoms with Gasteiger partial charge in [0.15, 0.2) is 0 Å². The quantitative estimate of drug-likeness (QED) is 0.658. The summed E-state index contributed by atoms with van der Waals surface area (Å²) in [6, 6.07) is 15.5. The van der Waals surface area contributed by atoms with Gasteiger partial charge in [0.25, 0.3) is 5.56 Å². The van der Waals surface area contributed by atoms with Crippen LogP contribution in [-0.2, 0) is 11.3 Å². The van der Waals surface area contributed by atoms with Crippen LogP contribution in [0.4, 0.5) is 10.1 Å². The number of halogens is 1. The zero-order chi connectivity index (χ0) is 19.9. The van der Waals surface area contributed by atoms with Crippen molar-refractivity contribution in [3.63, 3.8) is 0 Å². The van der Waals surface area contributed by atoms with E-state index in [-0.39, 0.29) is 19.5 Å². The molecule has 0 aliphatic heterocycles. The van der Waals surface area contributed by atoms with Crippen LogP contribution in [-0.4, -0.2) is 27.2 Å². The largest absolute Gasteiger partial charge is 0.310 e. The van der Waals surface area contributed by atoms with E-state index in [0.717, 1.165) is 4.68 Å². The van der Waals surface area contributed by atoms with E-state index in [9.17, 15) is 14.0 Å². The maximum atomic E-state index is 13.2. The molecule has 0 saturated heterocycles. The number of pyridine rings is 1. The lowest BCUT2D eigenvalue weighted by Crippen LogP contribution is -2.38.